The number of benzene rings is 1. The minimum Gasteiger partial charge on any atom is -0.324 e. The van der Waals surface area contributed by atoms with Crippen LogP contribution in [-0.2, 0) is 14.8 Å². The van der Waals surface area contributed by atoms with Crippen molar-refractivity contribution in [2.75, 3.05) is 5.32 Å². The lowest BCUT2D eigenvalue weighted by molar-refractivity contribution is -0.120. The van der Waals surface area contributed by atoms with Crippen LogP contribution in [0.25, 0.3) is 0 Å². The fourth-order valence-electron chi connectivity index (χ4n) is 1.67. The number of carbonyl (C=O) groups is 1. The van der Waals surface area contributed by atoms with Gasteiger partial charge in [0.05, 0.1) is 15.6 Å². The normalized spacial score (nSPS) is 11.6. The molecule has 0 saturated heterocycles. The second-order valence-electron chi connectivity index (χ2n) is 4.19. The maximum Gasteiger partial charge on any atom is 0.238 e. The zero-order valence-electron chi connectivity index (χ0n) is 10.8. The molecule has 0 aliphatic heterocycles. The van der Waals surface area contributed by atoms with Gasteiger partial charge < -0.3 is 5.32 Å². The third-order valence-corrected chi connectivity index (χ3v) is 4.12. The lowest BCUT2D eigenvalue weighted by Gasteiger charge is -2.14. The first-order chi connectivity index (χ1) is 8.79. The number of primary sulfonamides is 1. The van der Waals surface area contributed by atoms with Gasteiger partial charge in [0.1, 0.15) is 0 Å². The Balaban J connectivity index is 3.04. The first kappa shape index (κ1) is 15.9. The van der Waals surface area contributed by atoms with E-state index in [1.54, 1.807) is 0 Å². The zero-order valence-corrected chi connectivity index (χ0v) is 12.4. The molecule has 1 rings (SSSR count). The first-order valence-corrected chi connectivity index (χ1v) is 7.85. The fraction of sp³-hybridized carbons (Fsp3) is 0.417. The average Bonchev–Trinajstić information content (AvgIpc) is 2.32. The minimum atomic E-state index is -3.82. The van der Waals surface area contributed by atoms with E-state index in [0.717, 1.165) is 0 Å². The van der Waals surface area contributed by atoms with Gasteiger partial charge >= 0.3 is 0 Å². The van der Waals surface area contributed by atoms with E-state index < -0.39 is 10.0 Å². The van der Waals surface area contributed by atoms with Gasteiger partial charge in [-0.3, -0.25) is 4.79 Å². The predicted octanol–water partition coefficient (Wildman–Crippen LogP) is 2.36. The SMILES string of the molecule is CCC(CC)C(=O)Nc1cc(S(N)(=O)=O)ccc1Cl. The molecule has 0 unspecified atom stereocenters. The maximum atomic E-state index is 11.9. The van der Waals surface area contributed by atoms with Crippen molar-refractivity contribution in [3.63, 3.8) is 0 Å². The van der Waals surface area contributed by atoms with E-state index in [9.17, 15) is 13.2 Å². The summed E-state index contributed by atoms with van der Waals surface area (Å²) in [6.07, 6.45) is 1.41. The Labute approximate surface area is 118 Å². The van der Waals surface area contributed by atoms with Crippen LogP contribution in [0.1, 0.15) is 26.7 Å². The molecule has 0 saturated carbocycles. The van der Waals surface area contributed by atoms with E-state index >= 15 is 0 Å². The van der Waals surface area contributed by atoms with Crippen LogP contribution in [0.15, 0.2) is 23.1 Å². The Hall–Kier alpha value is -1.11. The van der Waals surface area contributed by atoms with Crippen molar-refractivity contribution in [2.45, 2.75) is 31.6 Å². The Kier molecular flexibility index (Phi) is 5.34. The van der Waals surface area contributed by atoms with E-state index in [1.807, 2.05) is 13.8 Å². The number of nitrogens with two attached hydrogens (primary N) is 1. The van der Waals surface area contributed by atoms with Crippen LogP contribution in [-0.4, -0.2) is 14.3 Å². The van der Waals surface area contributed by atoms with Gasteiger partial charge in [0, 0.05) is 5.92 Å². The lowest BCUT2D eigenvalue weighted by Crippen LogP contribution is -2.22. The van der Waals surface area contributed by atoms with Crippen molar-refractivity contribution in [3.05, 3.63) is 23.2 Å². The number of hydrogen-bond acceptors (Lipinski definition) is 3. The summed E-state index contributed by atoms with van der Waals surface area (Å²) in [5.74, 6) is -0.312. The van der Waals surface area contributed by atoms with Crippen molar-refractivity contribution < 1.29 is 13.2 Å². The molecule has 1 aromatic carbocycles. The van der Waals surface area contributed by atoms with E-state index in [4.69, 9.17) is 16.7 Å². The highest BCUT2D eigenvalue weighted by Gasteiger charge is 2.17. The second-order valence-corrected chi connectivity index (χ2v) is 6.16. The molecule has 0 aliphatic carbocycles. The maximum absolute atomic E-state index is 11.9. The molecule has 0 spiro atoms. The quantitative estimate of drug-likeness (QED) is 0.875. The molecule has 0 aliphatic rings. The number of carbonyl (C=O) groups excluding carboxylic acids is 1. The molecule has 5 nitrogen and oxygen atoms in total. The van der Waals surface area contributed by atoms with Crippen molar-refractivity contribution in [2.24, 2.45) is 11.1 Å². The van der Waals surface area contributed by atoms with Crippen LogP contribution in [0.3, 0.4) is 0 Å². The summed E-state index contributed by atoms with van der Waals surface area (Å²) in [5, 5.41) is 7.94. The smallest absolute Gasteiger partial charge is 0.238 e. The first-order valence-electron chi connectivity index (χ1n) is 5.92. The molecule has 0 heterocycles. The Morgan fingerprint density at radius 1 is 1.37 bits per heavy atom. The lowest BCUT2D eigenvalue weighted by atomic mass is 10.0. The number of anilines is 1. The Morgan fingerprint density at radius 3 is 2.42 bits per heavy atom. The molecule has 1 aromatic rings. The molecule has 0 aromatic heterocycles. The predicted molar refractivity (Wildman–Crippen MR) is 75.5 cm³/mol. The summed E-state index contributed by atoms with van der Waals surface area (Å²) in [5.41, 5.74) is 0.255. The summed E-state index contributed by atoms with van der Waals surface area (Å²) in [7, 11) is -3.82. The molecule has 106 valence electrons. The molecule has 19 heavy (non-hydrogen) atoms. The molecule has 3 N–H and O–H groups in total. The topological polar surface area (TPSA) is 89.3 Å². The number of halogens is 1. The summed E-state index contributed by atoms with van der Waals surface area (Å²) >= 11 is 5.93. The van der Waals surface area contributed by atoms with Crippen LogP contribution in [0.2, 0.25) is 5.02 Å². The summed E-state index contributed by atoms with van der Waals surface area (Å²) in [6.45, 7) is 3.83. The van der Waals surface area contributed by atoms with Gasteiger partial charge in [-0.1, -0.05) is 25.4 Å². The molecule has 0 fully saturated rings. The van der Waals surface area contributed by atoms with Crippen molar-refractivity contribution in [3.8, 4) is 0 Å². The third kappa shape index (κ3) is 4.19. The Morgan fingerprint density at radius 2 is 1.95 bits per heavy atom. The number of rotatable bonds is 5. The van der Waals surface area contributed by atoms with Gasteiger partial charge in [0.2, 0.25) is 15.9 Å². The second kappa shape index (κ2) is 6.36. The Bertz CT molecular complexity index is 568. The standard InChI is InChI=1S/C12H17ClN2O3S/c1-3-8(4-2)12(16)15-11-7-9(19(14,17)18)5-6-10(11)13/h5-8H,3-4H2,1-2H3,(H,15,16)(H2,14,17,18). The summed E-state index contributed by atoms with van der Waals surface area (Å²) in [4.78, 5) is 11.9. The molecular weight excluding hydrogens is 288 g/mol. The highest BCUT2D eigenvalue weighted by atomic mass is 35.5. The molecule has 0 bridgehead atoms. The number of hydrogen-bond donors (Lipinski definition) is 2. The largest absolute Gasteiger partial charge is 0.324 e. The molecule has 0 radical (unpaired) electrons. The highest BCUT2D eigenvalue weighted by molar-refractivity contribution is 7.89. The van der Waals surface area contributed by atoms with E-state index in [2.05, 4.69) is 5.32 Å². The molecule has 7 heteroatoms. The monoisotopic (exact) mass is 304 g/mol. The van der Waals surface area contributed by atoms with Crippen LogP contribution in [0.4, 0.5) is 5.69 Å². The molecule has 0 atom stereocenters. The molecular formula is C12H17ClN2O3S. The fourth-order valence-corrected chi connectivity index (χ4v) is 2.38. The van der Waals surface area contributed by atoms with Crippen molar-refractivity contribution >= 4 is 33.2 Å². The van der Waals surface area contributed by atoms with Crippen LogP contribution >= 0.6 is 11.6 Å². The van der Waals surface area contributed by atoms with Gasteiger partial charge in [-0.2, -0.15) is 0 Å². The minimum absolute atomic E-state index is 0.0863. The van der Waals surface area contributed by atoms with E-state index in [-0.39, 0.29) is 27.4 Å². The summed E-state index contributed by atoms with van der Waals surface area (Å²) < 4.78 is 22.5. The highest BCUT2D eigenvalue weighted by Crippen LogP contribution is 2.25. The number of amides is 1. The van der Waals surface area contributed by atoms with Gasteiger partial charge in [-0.05, 0) is 31.0 Å². The van der Waals surface area contributed by atoms with Crippen molar-refractivity contribution in [1.29, 1.82) is 0 Å². The van der Waals surface area contributed by atoms with Gasteiger partial charge in [-0.25, -0.2) is 13.6 Å². The van der Waals surface area contributed by atoms with E-state index in [0.29, 0.717) is 12.8 Å². The zero-order chi connectivity index (χ0) is 14.6. The number of sulfonamides is 1. The molecule has 1 amide bonds. The number of nitrogens with one attached hydrogen (secondary N) is 1. The van der Waals surface area contributed by atoms with Crippen LogP contribution in [0.5, 0.6) is 0 Å². The van der Waals surface area contributed by atoms with Crippen LogP contribution < -0.4 is 10.5 Å². The van der Waals surface area contributed by atoms with Crippen LogP contribution in [0, 0.1) is 5.92 Å². The average molecular weight is 305 g/mol. The van der Waals surface area contributed by atoms with Gasteiger partial charge in [0.15, 0.2) is 0 Å². The third-order valence-electron chi connectivity index (χ3n) is 2.88. The van der Waals surface area contributed by atoms with Gasteiger partial charge in [0.25, 0.3) is 0 Å². The summed E-state index contributed by atoms with van der Waals surface area (Å²) in [6, 6.07) is 3.95. The van der Waals surface area contributed by atoms with Crippen molar-refractivity contribution in [1.82, 2.24) is 0 Å². The van der Waals surface area contributed by atoms with Gasteiger partial charge in [-0.15, -0.1) is 0 Å². The van der Waals surface area contributed by atoms with E-state index in [1.165, 1.54) is 18.2 Å².